The molecule has 0 unspecified atom stereocenters. The molecule has 1 aromatic carbocycles. The van der Waals surface area contributed by atoms with Gasteiger partial charge in [-0.05, 0) is 26.0 Å². The lowest BCUT2D eigenvalue weighted by molar-refractivity contribution is -0.0440. The fourth-order valence-electron chi connectivity index (χ4n) is 2.19. The summed E-state index contributed by atoms with van der Waals surface area (Å²) < 4.78 is 32.2. The summed E-state index contributed by atoms with van der Waals surface area (Å²) in [7, 11) is -3.70. The molecule has 4 nitrogen and oxygen atoms in total. The maximum atomic E-state index is 12.6. The minimum atomic E-state index is -3.70. The number of benzene rings is 1. The molecule has 0 radical (unpaired) electrons. The molecule has 7 heteroatoms. The van der Waals surface area contributed by atoms with Gasteiger partial charge in [0.25, 0.3) is 0 Å². The second kappa shape index (κ2) is 5.58. The summed E-state index contributed by atoms with van der Waals surface area (Å²) >= 11 is 12.0. The van der Waals surface area contributed by atoms with Crippen LogP contribution in [-0.2, 0) is 14.8 Å². The van der Waals surface area contributed by atoms with E-state index in [1.165, 1.54) is 16.4 Å². The van der Waals surface area contributed by atoms with Gasteiger partial charge in [0, 0.05) is 13.1 Å². The Hall–Kier alpha value is -0.330. The second-order valence-corrected chi connectivity index (χ2v) is 7.32. The third-order valence-corrected chi connectivity index (χ3v) is 5.69. The monoisotopic (exact) mass is 323 g/mol. The first kappa shape index (κ1) is 15.1. The first-order valence-electron chi connectivity index (χ1n) is 5.92. The zero-order valence-electron chi connectivity index (χ0n) is 10.6. The van der Waals surface area contributed by atoms with Gasteiger partial charge in [-0.3, -0.25) is 0 Å². The van der Waals surface area contributed by atoms with Crippen LogP contribution >= 0.6 is 23.2 Å². The lowest BCUT2D eigenvalue weighted by atomic mass is 10.3. The molecule has 0 aromatic heterocycles. The van der Waals surface area contributed by atoms with Crippen LogP contribution in [0.25, 0.3) is 0 Å². The molecule has 106 valence electrons. The van der Waals surface area contributed by atoms with Gasteiger partial charge in [-0.2, -0.15) is 4.31 Å². The Kier molecular flexibility index (Phi) is 4.42. The van der Waals surface area contributed by atoms with Gasteiger partial charge in [0.15, 0.2) is 0 Å². The molecule has 0 saturated carbocycles. The van der Waals surface area contributed by atoms with Gasteiger partial charge in [-0.25, -0.2) is 8.42 Å². The van der Waals surface area contributed by atoms with E-state index in [0.29, 0.717) is 13.1 Å². The molecule has 1 aromatic rings. The Balaban J connectivity index is 2.42. The van der Waals surface area contributed by atoms with Crippen LogP contribution in [-0.4, -0.2) is 38.0 Å². The summed E-state index contributed by atoms with van der Waals surface area (Å²) in [5, 5.41) is 0.276. The Morgan fingerprint density at radius 3 is 2.11 bits per heavy atom. The van der Waals surface area contributed by atoms with Crippen LogP contribution in [0, 0.1) is 0 Å². The van der Waals surface area contributed by atoms with E-state index < -0.39 is 10.0 Å². The fraction of sp³-hybridized carbons (Fsp3) is 0.500. The van der Waals surface area contributed by atoms with Crippen LogP contribution in [0.2, 0.25) is 10.0 Å². The van der Waals surface area contributed by atoms with Crippen molar-refractivity contribution in [2.24, 2.45) is 0 Å². The molecule has 0 aliphatic carbocycles. The minimum Gasteiger partial charge on any atom is -0.373 e. The van der Waals surface area contributed by atoms with Gasteiger partial charge >= 0.3 is 0 Å². The molecular formula is C12H15Cl2NO3S. The Morgan fingerprint density at radius 1 is 1.16 bits per heavy atom. The van der Waals surface area contributed by atoms with Crippen molar-refractivity contribution in [1.29, 1.82) is 0 Å². The van der Waals surface area contributed by atoms with Gasteiger partial charge in [-0.15, -0.1) is 0 Å². The van der Waals surface area contributed by atoms with Crippen LogP contribution in [0.15, 0.2) is 23.1 Å². The number of sulfonamides is 1. The highest BCUT2D eigenvalue weighted by atomic mass is 35.5. The SMILES string of the molecule is C[C@@H]1CN(S(=O)(=O)c2c(Cl)cccc2Cl)C[C@H](C)O1. The first-order chi connectivity index (χ1) is 8.82. The standard InChI is InChI=1S/C12H15Cl2NO3S/c1-8-6-15(7-9(2)18-8)19(16,17)12-10(13)4-3-5-11(12)14/h3-5,8-9H,6-7H2,1-2H3/t8-,9+. The van der Waals surface area contributed by atoms with Gasteiger partial charge in [-0.1, -0.05) is 29.3 Å². The lowest BCUT2D eigenvalue weighted by Gasteiger charge is -2.34. The average molecular weight is 324 g/mol. The summed E-state index contributed by atoms with van der Waals surface area (Å²) in [6, 6.07) is 4.66. The van der Waals surface area contributed by atoms with Crippen molar-refractivity contribution >= 4 is 33.2 Å². The molecule has 2 rings (SSSR count). The summed E-state index contributed by atoms with van der Waals surface area (Å²) in [5.74, 6) is 0. The van der Waals surface area contributed by atoms with Crippen molar-refractivity contribution in [3.63, 3.8) is 0 Å². The van der Waals surface area contributed by atoms with Crippen LogP contribution in [0.4, 0.5) is 0 Å². The molecule has 1 aliphatic rings. The molecule has 2 atom stereocenters. The summed E-state index contributed by atoms with van der Waals surface area (Å²) in [4.78, 5) is -0.0281. The molecule has 1 fully saturated rings. The molecule has 19 heavy (non-hydrogen) atoms. The molecule has 0 bridgehead atoms. The maximum Gasteiger partial charge on any atom is 0.246 e. The van der Waals surface area contributed by atoms with E-state index in [1.54, 1.807) is 6.07 Å². The van der Waals surface area contributed by atoms with E-state index >= 15 is 0 Å². The number of ether oxygens (including phenoxy) is 1. The average Bonchev–Trinajstić information content (AvgIpc) is 2.26. The van der Waals surface area contributed by atoms with Crippen molar-refractivity contribution in [3.8, 4) is 0 Å². The normalized spacial score (nSPS) is 25.5. The van der Waals surface area contributed by atoms with Gasteiger partial charge in [0.2, 0.25) is 10.0 Å². The Bertz CT molecular complexity index is 546. The number of hydrogen-bond acceptors (Lipinski definition) is 3. The maximum absolute atomic E-state index is 12.6. The Labute approximate surface area is 123 Å². The highest BCUT2D eigenvalue weighted by Crippen LogP contribution is 2.32. The fourth-order valence-corrected chi connectivity index (χ4v) is 4.87. The number of halogens is 2. The van der Waals surface area contributed by atoms with Gasteiger partial charge in [0.05, 0.1) is 22.3 Å². The quantitative estimate of drug-likeness (QED) is 0.840. The van der Waals surface area contributed by atoms with E-state index in [0.717, 1.165) is 0 Å². The molecule has 0 N–H and O–H groups in total. The highest BCUT2D eigenvalue weighted by Gasteiger charge is 2.34. The molecule has 0 amide bonds. The van der Waals surface area contributed by atoms with Crippen molar-refractivity contribution in [1.82, 2.24) is 4.31 Å². The molecular weight excluding hydrogens is 309 g/mol. The third-order valence-electron chi connectivity index (χ3n) is 2.90. The molecule has 1 heterocycles. The molecule has 0 spiro atoms. The minimum absolute atomic E-state index is 0.0281. The van der Waals surface area contributed by atoms with Crippen LogP contribution < -0.4 is 0 Å². The highest BCUT2D eigenvalue weighted by molar-refractivity contribution is 7.89. The number of rotatable bonds is 2. The zero-order chi connectivity index (χ0) is 14.2. The molecule has 1 saturated heterocycles. The Morgan fingerprint density at radius 2 is 1.63 bits per heavy atom. The van der Waals surface area contributed by atoms with Crippen molar-refractivity contribution in [2.75, 3.05) is 13.1 Å². The smallest absolute Gasteiger partial charge is 0.246 e. The number of morpholine rings is 1. The summed E-state index contributed by atoms with van der Waals surface area (Å²) in [6.07, 6.45) is -0.306. The van der Waals surface area contributed by atoms with Gasteiger partial charge in [0.1, 0.15) is 4.90 Å². The van der Waals surface area contributed by atoms with E-state index in [-0.39, 0.29) is 27.1 Å². The lowest BCUT2D eigenvalue weighted by Crippen LogP contribution is -2.48. The predicted octanol–water partition coefficient (Wildman–Crippen LogP) is 2.79. The second-order valence-electron chi connectivity index (χ2n) is 4.63. The summed E-state index contributed by atoms with van der Waals surface area (Å²) in [6.45, 7) is 4.28. The van der Waals surface area contributed by atoms with Crippen LogP contribution in [0.5, 0.6) is 0 Å². The zero-order valence-corrected chi connectivity index (χ0v) is 13.0. The van der Waals surface area contributed by atoms with E-state index in [9.17, 15) is 8.42 Å². The summed E-state index contributed by atoms with van der Waals surface area (Å²) in [5.41, 5.74) is 0. The van der Waals surface area contributed by atoms with Crippen LogP contribution in [0.1, 0.15) is 13.8 Å². The van der Waals surface area contributed by atoms with Gasteiger partial charge < -0.3 is 4.74 Å². The number of hydrogen-bond donors (Lipinski definition) is 0. The van der Waals surface area contributed by atoms with E-state index in [2.05, 4.69) is 0 Å². The molecule has 1 aliphatic heterocycles. The first-order valence-corrected chi connectivity index (χ1v) is 8.11. The largest absolute Gasteiger partial charge is 0.373 e. The predicted molar refractivity (Wildman–Crippen MR) is 75.2 cm³/mol. The van der Waals surface area contributed by atoms with Crippen molar-refractivity contribution in [3.05, 3.63) is 28.2 Å². The van der Waals surface area contributed by atoms with E-state index in [4.69, 9.17) is 27.9 Å². The topological polar surface area (TPSA) is 46.6 Å². The number of nitrogens with zero attached hydrogens (tertiary/aromatic N) is 1. The van der Waals surface area contributed by atoms with E-state index in [1.807, 2.05) is 13.8 Å². The third kappa shape index (κ3) is 3.06. The van der Waals surface area contributed by atoms with Crippen molar-refractivity contribution < 1.29 is 13.2 Å². The van der Waals surface area contributed by atoms with Crippen LogP contribution in [0.3, 0.4) is 0 Å². The van der Waals surface area contributed by atoms with Crippen molar-refractivity contribution in [2.45, 2.75) is 31.0 Å².